The molecular weight excluding hydrogens is 289 g/mol. The fourth-order valence-electron chi connectivity index (χ4n) is 2.28. The number of hydrogen-bond acceptors (Lipinski definition) is 1. The van der Waals surface area contributed by atoms with Crippen molar-refractivity contribution < 1.29 is 17.9 Å². The standard InChI is InChI=1S/C18H19F3O/c1-13(2)11-14-7-9-15(10-8-14)16-5-3-4-6-17(16)22-12-18(19,20)21/h3-10,13H,11-12H2,1-2H3. The summed E-state index contributed by atoms with van der Waals surface area (Å²) in [4.78, 5) is 0. The van der Waals surface area contributed by atoms with Crippen molar-refractivity contribution in [2.24, 2.45) is 5.92 Å². The summed E-state index contributed by atoms with van der Waals surface area (Å²) >= 11 is 0. The van der Waals surface area contributed by atoms with Gasteiger partial charge < -0.3 is 4.74 Å². The Balaban J connectivity index is 2.21. The Kier molecular flexibility index (Phi) is 5.11. The van der Waals surface area contributed by atoms with Gasteiger partial charge in [-0.2, -0.15) is 13.2 Å². The lowest BCUT2D eigenvalue weighted by Gasteiger charge is -2.13. The normalized spacial score (nSPS) is 11.7. The molecule has 0 saturated heterocycles. The van der Waals surface area contributed by atoms with Gasteiger partial charge >= 0.3 is 6.18 Å². The molecule has 2 rings (SSSR count). The summed E-state index contributed by atoms with van der Waals surface area (Å²) in [6, 6.07) is 14.7. The summed E-state index contributed by atoms with van der Waals surface area (Å²) in [5.74, 6) is 0.810. The highest BCUT2D eigenvalue weighted by atomic mass is 19.4. The molecule has 2 aromatic carbocycles. The number of benzene rings is 2. The highest BCUT2D eigenvalue weighted by molar-refractivity contribution is 5.70. The Morgan fingerprint density at radius 2 is 1.59 bits per heavy atom. The molecule has 0 fully saturated rings. The van der Waals surface area contributed by atoms with E-state index in [1.807, 2.05) is 24.3 Å². The van der Waals surface area contributed by atoms with Gasteiger partial charge in [0.05, 0.1) is 0 Å². The van der Waals surface area contributed by atoms with Crippen molar-refractivity contribution in [2.75, 3.05) is 6.61 Å². The third-order valence-electron chi connectivity index (χ3n) is 3.19. The number of alkyl halides is 3. The molecule has 0 heterocycles. The van der Waals surface area contributed by atoms with Crippen LogP contribution in [-0.4, -0.2) is 12.8 Å². The molecule has 0 radical (unpaired) electrons. The molecule has 0 spiro atoms. The maximum absolute atomic E-state index is 12.3. The minimum Gasteiger partial charge on any atom is -0.483 e. The van der Waals surface area contributed by atoms with E-state index in [1.165, 1.54) is 5.56 Å². The van der Waals surface area contributed by atoms with E-state index >= 15 is 0 Å². The molecule has 22 heavy (non-hydrogen) atoms. The molecular formula is C18H19F3O. The number of para-hydroxylation sites is 1. The van der Waals surface area contributed by atoms with Gasteiger partial charge in [-0.3, -0.25) is 0 Å². The van der Waals surface area contributed by atoms with Crippen LogP contribution in [0.5, 0.6) is 5.75 Å². The Bertz CT molecular complexity index is 600. The zero-order chi connectivity index (χ0) is 16.2. The lowest BCUT2D eigenvalue weighted by molar-refractivity contribution is -0.153. The second-order valence-corrected chi connectivity index (χ2v) is 5.69. The Morgan fingerprint density at radius 3 is 2.18 bits per heavy atom. The quantitative estimate of drug-likeness (QED) is 0.709. The van der Waals surface area contributed by atoms with Gasteiger partial charge in [-0.15, -0.1) is 0 Å². The summed E-state index contributed by atoms with van der Waals surface area (Å²) in [6.45, 7) is 3.01. The van der Waals surface area contributed by atoms with Crippen molar-refractivity contribution in [3.8, 4) is 16.9 Å². The first-order valence-corrected chi connectivity index (χ1v) is 7.23. The van der Waals surface area contributed by atoms with Gasteiger partial charge in [-0.05, 0) is 29.5 Å². The fraction of sp³-hybridized carbons (Fsp3) is 0.333. The van der Waals surface area contributed by atoms with Gasteiger partial charge in [-0.25, -0.2) is 0 Å². The summed E-state index contributed by atoms with van der Waals surface area (Å²) in [5, 5.41) is 0. The predicted molar refractivity (Wildman–Crippen MR) is 82.0 cm³/mol. The predicted octanol–water partition coefficient (Wildman–Crippen LogP) is 5.49. The average Bonchev–Trinajstić information content (AvgIpc) is 2.45. The zero-order valence-corrected chi connectivity index (χ0v) is 12.7. The van der Waals surface area contributed by atoms with E-state index in [0.29, 0.717) is 11.5 Å². The second-order valence-electron chi connectivity index (χ2n) is 5.69. The van der Waals surface area contributed by atoms with Gasteiger partial charge in [0.2, 0.25) is 0 Å². The van der Waals surface area contributed by atoms with Crippen LogP contribution >= 0.6 is 0 Å². The topological polar surface area (TPSA) is 9.23 Å². The molecule has 4 heteroatoms. The Labute approximate surface area is 128 Å². The third kappa shape index (κ3) is 4.79. The number of rotatable bonds is 5. The van der Waals surface area contributed by atoms with Gasteiger partial charge in [-0.1, -0.05) is 56.3 Å². The molecule has 0 bridgehead atoms. The van der Waals surface area contributed by atoms with Gasteiger partial charge in [0.1, 0.15) is 5.75 Å². The minimum atomic E-state index is -4.34. The molecule has 1 nitrogen and oxygen atoms in total. The molecule has 0 N–H and O–H groups in total. The van der Waals surface area contributed by atoms with Crippen molar-refractivity contribution in [3.05, 3.63) is 54.1 Å². The average molecular weight is 308 g/mol. The van der Waals surface area contributed by atoms with Gasteiger partial charge in [0.25, 0.3) is 0 Å². The smallest absolute Gasteiger partial charge is 0.422 e. The van der Waals surface area contributed by atoms with E-state index in [9.17, 15) is 13.2 Å². The summed E-state index contributed by atoms with van der Waals surface area (Å²) in [6.07, 6.45) is -3.36. The molecule has 0 aromatic heterocycles. The van der Waals surface area contributed by atoms with E-state index in [2.05, 4.69) is 13.8 Å². The second kappa shape index (κ2) is 6.86. The van der Waals surface area contributed by atoms with Crippen molar-refractivity contribution in [2.45, 2.75) is 26.4 Å². The lowest BCUT2D eigenvalue weighted by Crippen LogP contribution is -2.19. The first kappa shape index (κ1) is 16.4. The van der Waals surface area contributed by atoms with E-state index in [1.54, 1.807) is 24.3 Å². The highest BCUT2D eigenvalue weighted by Crippen LogP contribution is 2.31. The lowest BCUT2D eigenvalue weighted by atomic mass is 9.99. The molecule has 0 unspecified atom stereocenters. The van der Waals surface area contributed by atoms with Crippen LogP contribution < -0.4 is 4.74 Å². The Hall–Kier alpha value is -1.97. The van der Waals surface area contributed by atoms with Crippen LogP contribution in [0, 0.1) is 5.92 Å². The summed E-state index contributed by atoms with van der Waals surface area (Å²) in [7, 11) is 0. The van der Waals surface area contributed by atoms with Crippen LogP contribution in [0.25, 0.3) is 11.1 Å². The minimum absolute atomic E-state index is 0.247. The summed E-state index contributed by atoms with van der Waals surface area (Å²) < 4.78 is 41.9. The van der Waals surface area contributed by atoms with Gasteiger partial charge in [0, 0.05) is 5.56 Å². The molecule has 0 aliphatic rings. The van der Waals surface area contributed by atoms with Crippen LogP contribution in [0.15, 0.2) is 48.5 Å². The van der Waals surface area contributed by atoms with Crippen molar-refractivity contribution >= 4 is 0 Å². The SMILES string of the molecule is CC(C)Cc1ccc(-c2ccccc2OCC(F)(F)F)cc1. The van der Waals surface area contributed by atoms with Crippen molar-refractivity contribution in [3.63, 3.8) is 0 Å². The monoisotopic (exact) mass is 308 g/mol. The maximum atomic E-state index is 12.3. The van der Waals surface area contributed by atoms with Crippen LogP contribution in [0.3, 0.4) is 0 Å². The number of ether oxygens (including phenoxy) is 1. The highest BCUT2D eigenvalue weighted by Gasteiger charge is 2.28. The van der Waals surface area contributed by atoms with Crippen LogP contribution in [0.1, 0.15) is 19.4 Å². The largest absolute Gasteiger partial charge is 0.483 e. The fourth-order valence-corrected chi connectivity index (χ4v) is 2.28. The summed E-state index contributed by atoms with van der Waals surface area (Å²) in [5.41, 5.74) is 2.74. The first-order chi connectivity index (χ1) is 10.3. The molecule has 0 amide bonds. The molecule has 0 atom stereocenters. The Morgan fingerprint density at radius 1 is 0.955 bits per heavy atom. The third-order valence-corrected chi connectivity index (χ3v) is 3.19. The molecule has 0 saturated carbocycles. The number of halogens is 3. The number of hydrogen-bond donors (Lipinski definition) is 0. The molecule has 2 aromatic rings. The van der Waals surface area contributed by atoms with E-state index in [0.717, 1.165) is 12.0 Å². The maximum Gasteiger partial charge on any atom is 0.422 e. The van der Waals surface area contributed by atoms with Gasteiger partial charge in [0.15, 0.2) is 6.61 Å². The van der Waals surface area contributed by atoms with Crippen LogP contribution in [-0.2, 0) is 6.42 Å². The van der Waals surface area contributed by atoms with Crippen molar-refractivity contribution in [1.82, 2.24) is 0 Å². The zero-order valence-electron chi connectivity index (χ0n) is 12.7. The first-order valence-electron chi connectivity index (χ1n) is 7.23. The molecule has 118 valence electrons. The van der Waals surface area contributed by atoms with Crippen LogP contribution in [0.4, 0.5) is 13.2 Å². The molecule has 0 aliphatic carbocycles. The van der Waals surface area contributed by atoms with Crippen LogP contribution in [0.2, 0.25) is 0 Å². The van der Waals surface area contributed by atoms with E-state index in [4.69, 9.17) is 4.74 Å². The van der Waals surface area contributed by atoms with E-state index in [-0.39, 0.29) is 5.75 Å². The van der Waals surface area contributed by atoms with Crippen molar-refractivity contribution in [1.29, 1.82) is 0 Å². The molecule has 0 aliphatic heterocycles. The van der Waals surface area contributed by atoms with E-state index < -0.39 is 12.8 Å².